The van der Waals surface area contributed by atoms with E-state index in [0.717, 1.165) is 44.1 Å². The molecule has 0 N–H and O–H groups in total. The van der Waals surface area contributed by atoms with E-state index in [0.29, 0.717) is 22.5 Å². The molecule has 2 amide bonds. The van der Waals surface area contributed by atoms with Gasteiger partial charge >= 0.3 is 0 Å². The second-order valence-corrected chi connectivity index (χ2v) is 10.4. The van der Waals surface area contributed by atoms with Gasteiger partial charge in [0.05, 0.1) is 33.5 Å². The predicted molar refractivity (Wildman–Crippen MR) is 167 cm³/mol. The number of carbonyl (C=O) groups excluding carboxylic acids is 2. The Morgan fingerprint density at radius 1 is 0.500 bits per heavy atom. The summed E-state index contributed by atoms with van der Waals surface area (Å²) in [6.07, 6.45) is 3.58. The molecule has 0 unspecified atom stereocenters. The van der Waals surface area contributed by atoms with Gasteiger partial charge in [-0.25, -0.2) is 4.90 Å². The largest absolute Gasteiger partial charge is 0.308 e. The summed E-state index contributed by atoms with van der Waals surface area (Å²) in [6, 6.07) is 41.6. The number of aromatic nitrogens is 2. The number of nitrogens with zero attached hydrogens (tertiary/aromatic N) is 3. The number of amides is 2. The number of carbonyl (C=O) groups is 2. The quantitative estimate of drug-likeness (QED) is 0.211. The van der Waals surface area contributed by atoms with Gasteiger partial charge in [-0.1, -0.05) is 72.8 Å². The van der Waals surface area contributed by atoms with Gasteiger partial charge in [0.1, 0.15) is 0 Å². The highest BCUT2D eigenvalue weighted by Crippen LogP contribution is 2.39. The summed E-state index contributed by atoms with van der Waals surface area (Å²) in [7, 11) is 0. The first kappa shape index (κ1) is 24.0. The standard InChI is InChI=1S/C37H23N3O2/c41-36-30-10-6-12-34(35(30)37(42)39(36)28-16-13-25(14-17-28)24-7-2-1-3-8-24)40-32-11-5-4-9-29(32)31-23-27(15-18-33(31)40)26-19-21-38-22-20-26/h1-23H. The third-order valence-electron chi connectivity index (χ3n) is 8.05. The first-order valence-electron chi connectivity index (χ1n) is 13.8. The van der Waals surface area contributed by atoms with Crippen molar-refractivity contribution in [1.29, 1.82) is 0 Å². The van der Waals surface area contributed by atoms with Crippen LogP contribution in [0.25, 0.3) is 49.7 Å². The van der Waals surface area contributed by atoms with Crippen molar-refractivity contribution in [3.05, 3.63) is 151 Å². The van der Waals surface area contributed by atoms with E-state index < -0.39 is 0 Å². The number of para-hydroxylation sites is 1. The fourth-order valence-electron chi connectivity index (χ4n) is 6.08. The van der Waals surface area contributed by atoms with Crippen LogP contribution in [0.1, 0.15) is 20.7 Å². The predicted octanol–water partition coefficient (Wildman–Crippen LogP) is 8.31. The Morgan fingerprint density at radius 2 is 1.17 bits per heavy atom. The van der Waals surface area contributed by atoms with E-state index in [9.17, 15) is 9.59 Å². The molecule has 0 saturated carbocycles. The summed E-state index contributed by atoms with van der Waals surface area (Å²) < 4.78 is 2.10. The van der Waals surface area contributed by atoms with Gasteiger partial charge in [0.25, 0.3) is 11.8 Å². The molecule has 0 saturated heterocycles. The second kappa shape index (κ2) is 9.39. The summed E-state index contributed by atoms with van der Waals surface area (Å²) in [5.74, 6) is -0.637. The average molecular weight is 542 g/mol. The fraction of sp³-hybridized carbons (Fsp3) is 0. The summed E-state index contributed by atoms with van der Waals surface area (Å²) in [6.45, 7) is 0. The molecule has 198 valence electrons. The third kappa shape index (κ3) is 3.61. The molecular formula is C37H23N3O2. The summed E-state index contributed by atoms with van der Waals surface area (Å²) >= 11 is 0. The molecule has 2 aromatic heterocycles. The van der Waals surface area contributed by atoms with Crippen LogP contribution in [0.15, 0.2) is 140 Å². The molecule has 0 fully saturated rings. The smallest absolute Gasteiger partial charge is 0.268 e. The number of benzene rings is 5. The first-order chi connectivity index (χ1) is 20.7. The Bertz CT molecular complexity index is 2170. The zero-order chi connectivity index (χ0) is 28.2. The highest BCUT2D eigenvalue weighted by atomic mass is 16.2. The van der Waals surface area contributed by atoms with Gasteiger partial charge in [0, 0.05) is 23.2 Å². The van der Waals surface area contributed by atoms with Gasteiger partial charge < -0.3 is 4.57 Å². The third-order valence-corrected chi connectivity index (χ3v) is 8.05. The van der Waals surface area contributed by atoms with E-state index in [4.69, 9.17) is 0 Å². The van der Waals surface area contributed by atoms with Gasteiger partial charge in [0.2, 0.25) is 0 Å². The van der Waals surface area contributed by atoms with Crippen molar-refractivity contribution in [1.82, 2.24) is 9.55 Å². The Kier molecular flexibility index (Phi) is 5.37. The van der Waals surface area contributed by atoms with Crippen molar-refractivity contribution in [2.75, 3.05) is 4.90 Å². The van der Waals surface area contributed by atoms with E-state index in [2.05, 4.69) is 39.9 Å². The molecule has 5 nitrogen and oxygen atoms in total. The highest BCUT2D eigenvalue weighted by molar-refractivity contribution is 6.35. The minimum atomic E-state index is -0.322. The zero-order valence-corrected chi connectivity index (χ0v) is 22.4. The molecule has 0 radical (unpaired) electrons. The molecular weight excluding hydrogens is 518 g/mol. The molecule has 5 heteroatoms. The first-order valence-corrected chi connectivity index (χ1v) is 13.8. The van der Waals surface area contributed by atoms with Crippen LogP contribution in [0.4, 0.5) is 5.69 Å². The lowest BCUT2D eigenvalue weighted by Gasteiger charge is -2.15. The van der Waals surface area contributed by atoms with Gasteiger partial charge in [-0.3, -0.25) is 14.6 Å². The number of fused-ring (bicyclic) bond motifs is 4. The monoisotopic (exact) mass is 541 g/mol. The molecule has 1 aliphatic heterocycles. The summed E-state index contributed by atoms with van der Waals surface area (Å²) in [5, 5.41) is 2.15. The van der Waals surface area contributed by atoms with Gasteiger partial charge in [-0.2, -0.15) is 0 Å². The van der Waals surface area contributed by atoms with Gasteiger partial charge in [-0.05, 0) is 76.9 Å². The van der Waals surface area contributed by atoms with E-state index >= 15 is 0 Å². The Morgan fingerprint density at radius 3 is 1.98 bits per heavy atom. The van der Waals surface area contributed by atoms with Crippen LogP contribution >= 0.6 is 0 Å². The topological polar surface area (TPSA) is 55.2 Å². The molecule has 0 spiro atoms. The molecule has 8 rings (SSSR count). The highest BCUT2D eigenvalue weighted by Gasteiger charge is 2.39. The number of anilines is 1. The normalized spacial score (nSPS) is 12.8. The minimum Gasteiger partial charge on any atom is -0.308 e. The number of hydrogen-bond acceptors (Lipinski definition) is 3. The zero-order valence-electron chi connectivity index (χ0n) is 22.4. The maximum absolute atomic E-state index is 14.1. The number of pyridine rings is 1. The minimum absolute atomic E-state index is 0.315. The summed E-state index contributed by atoms with van der Waals surface area (Å²) in [4.78, 5) is 33.2. The number of hydrogen-bond donors (Lipinski definition) is 0. The van der Waals surface area contributed by atoms with Crippen LogP contribution in [0.3, 0.4) is 0 Å². The van der Waals surface area contributed by atoms with Crippen LogP contribution in [-0.4, -0.2) is 21.4 Å². The van der Waals surface area contributed by atoms with E-state index in [-0.39, 0.29) is 11.8 Å². The Labute approximate surface area is 241 Å². The molecule has 7 aromatic rings. The van der Waals surface area contributed by atoms with Crippen LogP contribution < -0.4 is 4.90 Å². The van der Waals surface area contributed by atoms with Crippen molar-refractivity contribution in [2.45, 2.75) is 0 Å². The maximum Gasteiger partial charge on any atom is 0.268 e. The lowest BCUT2D eigenvalue weighted by atomic mass is 10.0. The fourth-order valence-corrected chi connectivity index (χ4v) is 6.08. The van der Waals surface area contributed by atoms with Crippen molar-refractivity contribution < 1.29 is 9.59 Å². The van der Waals surface area contributed by atoms with Crippen molar-refractivity contribution in [2.24, 2.45) is 0 Å². The second-order valence-electron chi connectivity index (χ2n) is 10.4. The molecule has 0 bridgehead atoms. The number of imide groups is 1. The molecule has 0 aliphatic carbocycles. The Hall–Kier alpha value is -5.81. The lowest BCUT2D eigenvalue weighted by molar-refractivity contribution is 0.0926. The van der Waals surface area contributed by atoms with E-state index in [1.807, 2.05) is 91.0 Å². The molecule has 0 atom stereocenters. The van der Waals surface area contributed by atoms with Gasteiger partial charge in [0.15, 0.2) is 0 Å². The molecule has 42 heavy (non-hydrogen) atoms. The van der Waals surface area contributed by atoms with Crippen LogP contribution in [0.2, 0.25) is 0 Å². The Balaban J connectivity index is 1.27. The molecule has 3 heterocycles. The van der Waals surface area contributed by atoms with E-state index in [1.54, 1.807) is 18.5 Å². The van der Waals surface area contributed by atoms with Crippen molar-refractivity contribution in [3.8, 4) is 27.9 Å². The lowest BCUT2D eigenvalue weighted by Crippen LogP contribution is -2.29. The maximum atomic E-state index is 14.1. The number of rotatable bonds is 4. The molecule has 1 aliphatic rings. The molecule has 5 aromatic carbocycles. The van der Waals surface area contributed by atoms with E-state index in [1.165, 1.54) is 4.90 Å². The van der Waals surface area contributed by atoms with Crippen LogP contribution in [-0.2, 0) is 0 Å². The average Bonchev–Trinajstić information content (AvgIpc) is 3.52. The van der Waals surface area contributed by atoms with Crippen LogP contribution in [0, 0.1) is 0 Å². The van der Waals surface area contributed by atoms with Crippen molar-refractivity contribution >= 4 is 39.3 Å². The van der Waals surface area contributed by atoms with Crippen molar-refractivity contribution in [3.63, 3.8) is 0 Å². The van der Waals surface area contributed by atoms with Gasteiger partial charge in [-0.15, -0.1) is 0 Å². The summed E-state index contributed by atoms with van der Waals surface area (Å²) in [5.41, 5.74) is 8.27. The SMILES string of the molecule is O=C1c2cccc(-n3c4ccccc4c4cc(-c5ccncc5)ccc43)c2C(=O)N1c1ccc(-c2ccccc2)cc1. The van der Waals surface area contributed by atoms with Crippen LogP contribution in [0.5, 0.6) is 0 Å².